The molecule has 1 amide bonds. The number of likely N-dealkylation sites (tertiary alicyclic amines) is 1. The number of nitrogens with one attached hydrogen (secondary N) is 1. The molecule has 27 heavy (non-hydrogen) atoms. The Morgan fingerprint density at radius 1 is 1.22 bits per heavy atom. The second kappa shape index (κ2) is 8.43. The molecule has 2 aromatic rings. The lowest BCUT2D eigenvalue weighted by atomic mass is 10.00. The number of methoxy groups -OCH3 is 2. The molecule has 8 heteroatoms. The number of piperidine rings is 1. The van der Waals surface area contributed by atoms with Gasteiger partial charge in [-0.1, -0.05) is 18.5 Å². The van der Waals surface area contributed by atoms with Crippen LogP contribution >= 0.6 is 11.6 Å². The van der Waals surface area contributed by atoms with Gasteiger partial charge in [-0.3, -0.25) is 4.79 Å². The topological polar surface area (TPSA) is 76.6 Å². The summed E-state index contributed by atoms with van der Waals surface area (Å²) in [6.07, 6.45) is 5.27. The molecule has 0 bridgehead atoms. The van der Waals surface area contributed by atoms with Crippen molar-refractivity contribution >= 4 is 29.1 Å². The van der Waals surface area contributed by atoms with Crippen molar-refractivity contribution in [2.75, 3.05) is 32.6 Å². The molecule has 1 aromatic heterocycles. The molecule has 2 heterocycles. The number of aromatic nitrogens is 2. The number of ether oxygens (including phenoxy) is 2. The van der Waals surface area contributed by atoms with E-state index in [0.29, 0.717) is 39.6 Å². The summed E-state index contributed by atoms with van der Waals surface area (Å²) in [5.41, 5.74) is 1.10. The van der Waals surface area contributed by atoms with Crippen LogP contribution in [-0.4, -0.2) is 48.1 Å². The van der Waals surface area contributed by atoms with Crippen LogP contribution in [0.2, 0.25) is 5.02 Å². The van der Waals surface area contributed by atoms with Crippen LogP contribution in [0.25, 0.3) is 0 Å². The van der Waals surface area contributed by atoms with E-state index < -0.39 is 0 Å². The summed E-state index contributed by atoms with van der Waals surface area (Å²) in [5.74, 6) is 1.88. The van der Waals surface area contributed by atoms with E-state index in [1.54, 1.807) is 19.2 Å². The van der Waals surface area contributed by atoms with E-state index in [4.69, 9.17) is 21.1 Å². The number of benzene rings is 1. The molecule has 1 N–H and O–H groups in total. The zero-order valence-electron chi connectivity index (χ0n) is 15.7. The third-order valence-electron chi connectivity index (χ3n) is 4.56. The predicted octanol–water partition coefficient (Wildman–Crippen LogP) is 3.76. The van der Waals surface area contributed by atoms with Gasteiger partial charge in [0.15, 0.2) is 0 Å². The van der Waals surface area contributed by atoms with Crippen LogP contribution in [-0.2, 0) is 0 Å². The van der Waals surface area contributed by atoms with Gasteiger partial charge in [0.1, 0.15) is 11.5 Å². The quantitative estimate of drug-likeness (QED) is 0.837. The van der Waals surface area contributed by atoms with Crippen molar-refractivity contribution in [3.05, 3.63) is 35.1 Å². The minimum atomic E-state index is -0.0288. The predicted molar refractivity (Wildman–Crippen MR) is 104 cm³/mol. The molecular formula is C19H23ClN4O3. The summed E-state index contributed by atoms with van der Waals surface area (Å²) in [5, 5.41) is 3.51. The fourth-order valence-corrected chi connectivity index (χ4v) is 3.37. The number of carbonyl (C=O) groups excluding carboxylic acids is 1. The van der Waals surface area contributed by atoms with E-state index >= 15 is 0 Å². The Kier molecular flexibility index (Phi) is 6.01. The van der Waals surface area contributed by atoms with Gasteiger partial charge in [-0.2, -0.15) is 0 Å². The third kappa shape index (κ3) is 4.42. The van der Waals surface area contributed by atoms with Crippen LogP contribution in [0.3, 0.4) is 0 Å². The lowest BCUT2D eigenvalue weighted by Crippen LogP contribution is -2.39. The first kappa shape index (κ1) is 19.2. The van der Waals surface area contributed by atoms with Crippen LogP contribution < -0.4 is 14.8 Å². The highest BCUT2D eigenvalue weighted by molar-refractivity contribution is 6.32. The van der Waals surface area contributed by atoms with Crippen LogP contribution in [0, 0.1) is 5.92 Å². The molecule has 0 saturated carbocycles. The SMILES string of the molecule is COc1cc(Nc2ncc(C(=O)N3CCCC(C)C3)cn2)c(OC)cc1Cl. The number of anilines is 2. The Labute approximate surface area is 163 Å². The number of halogens is 1. The number of hydrogen-bond donors (Lipinski definition) is 1. The van der Waals surface area contributed by atoms with Crippen molar-refractivity contribution in [2.24, 2.45) is 5.92 Å². The van der Waals surface area contributed by atoms with Crippen LogP contribution in [0.5, 0.6) is 11.5 Å². The first-order valence-corrected chi connectivity index (χ1v) is 9.19. The fraction of sp³-hybridized carbons (Fsp3) is 0.421. The van der Waals surface area contributed by atoms with Gasteiger partial charge < -0.3 is 19.7 Å². The highest BCUT2D eigenvalue weighted by Gasteiger charge is 2.22. The van der Waals surface area contributed by atoms with Gasteiger partial charge in [0.2, 0.25) is 5.95 Å². The fourth-order valence-electron chi connectivity index (χ4n) is 3.14. The van der Waals surface area contributed by atoms with E-state index in [2.05, 4.69) is 22.2 Å². The summed E-state index contributed by atoms with van der Waals surface area (Å²) < 4.78 is 10.6. The average Bonchev–Trinajstić information content (AvgIpc) is 2.69. The van der Waals surface area contributed by atoms with Crippen LogP contribution in [0.15, 0.2) is 24.5 Å². The maximum Gasteiger partial charge on any atom is 0.257 e. The highest BCUT2D eigenvalue weighted by Crippen LogP contribution is 2.36. The second-order valence-corrected chi connectivity index (χ2v) is 7.01. The number of nitrogens with zero attached hydrogens (tertiary/aromatic N) is 3. The summed E-state index contributed by atoms with van der Waals surface area (Å²) in [6.45, 7) is 3.72. The summed E-state index contributed by atoms with van der Waals surface area (Å²) >= 11 is 6.12. The number of carbonyl (C=O) groups is 1. The summed E-state index contributed by atoms with van der Waals surface area (Å²) in [7, 11) is 3.08. The van der Waals surface area contributed by atoms with Crippen molar-refractivity contribution in [3.8, 4) is 11.5 Å². The van der Waals surface area contributed by atoms with Gasteiger partial charge in [-0.25, -0.2) is 9.97 Å². The first-order chi connectivity index (χ1) is 13.0. The van der Waals surface area contributed by atoms with E-state index in [0.717, 1.165) is 25.9 Å². The molecule has 1 atom stereocenters. The molecular weight excluding hydrogens is 368 g/mol. The van der Waals surface area contributed by atoms with Gasteiger partial charge in [-0.15, -0.1) is 0 Å². The Morgan fingerprint density at radius 3 is 2.56 bits per heavy atom. The molecule has 0 aliphatic carbocycles. The standard InChI is InChI=1S/C19H23ClN4O3/c1-12-5-4-6-24(11-12)18(25)13-9-21-19(22-10-13)23-15-8-16(26-2)14(20)7-17(15)27-3/h7-10,12H,4-6,11H2,1-3H3,(H,21,22,23). The minimum absolute atomic E-state index is 0.0288. The molecule has 1 fully saturated rings. The van der Waals surface area contributed by atoms with E-state index in [9.17, 15) is 4.79 Å². The maximum absolute atomic E-state index is 12.6. The van der Waals surface area contributed by atoms with Gasteiger partial charge in [0.25, 0.3) is 5.91 Å². The molecule has 1 aliphatic heterocycles. The Morgan fingerprint density at radius 2 is 1.93 bits per heavy atom. The lowest BCUT2D eigenvalue weighted by molar-refractivity contribution is 0.0682. The van der Waals surface area contributed by atoms with Crippen molar-refractivity contribution in [2.45, 2.75) is 19.8 Å². The smallest absolute Gasteiger partial charge is 0.257 e. The van der Waals surface area contributed by atoms with Gasteiger partial charge >= 0.3 is 0 Å². The van der Waals surface area contributed by atoms with E-state index in [1.165, 1.54) is 19.5 Å². The average molecular weight is 391 g/mol. The minimum Gasteiger partial charge on any atom is -0.495 e. The molecule has 0 spiro atoms. The highest BCUT2D eigenvalue weighted by atomic mass is 35.5. The van der Waals surface area contributed by atoms with Gasteiger partial charge in [0.05, 0.1) is 30.5 Å². The number of amides is 1. The zero-order chi connectivity index (χ0) is 19.4. The molecule has 7 nitrogen and oxygen atoms in total. The van der Waals surface area contributed by atoms with E-state index in [1.807, 2.05) is 4.90 Å². The van der Waals surface area contributed by atoms with E-state index in [-0.39, 0.29) is 5.91 Å². The van der Waals surface area contributed by atoms with Crippen molar-refractivity contribution in [3.63, 3.8) is 0 Å². The Balaban J connectivity index is 1.75. The zero-order valence-corrected chi connectivity index (χ0v) is 16.4. The summed E-state index contributed by atoms with van der Waals surface area (Å²) in [4.78, 5) is 23.0. The molecule has 3 rings (SSSR count). The van der Waals surface area contributed by atoms with Crippen molar-refractivity contribution < 1.29 is 14.3 Å². The molecule has 1 aromatic carbocycles. The van der Waals surface area contributed by atoms with Crippen molar-refractivity contribution in [1.82, 2.24) is 14.9 Å². The third-order valence-corrected chi connectivity index (χ3v) is 4.86. The summed E-state index contributed by atoms with van der Waals surface area (Å²) in [6, 6.07) is 3.36. The number of hydrogen-bond acceptors (Lipinski definition) is 6. The van der Waals surface area contributed by atoms with Crippen LogP contribution in [0.4, 0.5) is 11.6 Å². The first-order valence-electron chi connectivity index (χ1n) is 8.81. The second-order valence-electron chi connectivity index (χ2n) is 6.61. The molecule has 0 radical (unpaired) electrons. The largest absolute Gasteiger partial charge is 0.495 e. The molecule has 1 aliphatic rings. The number of rotatable bonds is 5. The normalized spacial score (nSPS) is 16.7. The molecule has 144 valence electrons. The monoisotopic (exact) mass is 390 g/mol. The van der Waals surface area contributed by atoms with Gasteiger partial charge in [-0.05, 0) is 18.8 Å². The van der Waals surface area contributed by atoms with Crippen LogP contribution in [0.1, 0.15) is 30.1 Å². The van der Waals surface area contributed by atoms with Gasteiger partial charge in [0, 0.05) is 37.6 Å². The molecule has 1 saturated heterocycles. The Bertz CT molecular complexity index is 813. The van der Waals surface area contributed by atoms with Crippen molar-refractivity contribution in [1.29, 1.82) is 0 Å². The maximum atomic E-state index is 12.6. The lowest BCUT2D eigenvalue weighted by Gasteiger charge is -2.30. The molecule has 1 unspecified atom stereocenters. The Hall–Kier alpha value is -2.54.